The highest BCUT2D eigenvalue weighted by molar-refractivity contribution is 7.80. The Morgan fingerprint density at radius 1 is 1.63 bits per heavy atom. The first-order chi connectivity index (χ1) is 9.15. The molecular weight excluding hydrogens is 268 g/mol. The number of rotatable bonds is 2. The summed E-state index contributed by atoms with van der Waals surface area (Å²) in [4.78, 5) is 17.9. The van der Waals surface area contributed by atoms with Crippen molar-refractivity contribution in [1.82, 2.24) is 19.6 Å². The van der Waals surface area contributed by atoms with Gasteiger partial charge in [-0.15, -0.1) is 0 Å². The third-order valence-corrected chi connectivity index (χ3v) is 3.27. The van der Waals surface area contributed by atoms with E-state index >= 15 is 0 Å². The highest BCUT2D eigenvalue weighted by Gasteiger charge is 2.23. The van der Waals surface area contributed by atoms with Crippen LogP contribution < -0.4 is 16.3 Å². The molecule has 1 fully saturated rings. The van der Waals surface area contributed by atoms with Crippen LogP contribution in [0, 0.1) is 0 Å². The topological polar surface area (TPSA) is 102 Å². The first kappa shape index (κ1) is 12.1. The van der Waals surface area contributed by atoms with Crippen molar-refractivity contribution in [3.63, 3.8) is 0 Å². The molecular formula is C10H12N6O2S. The van der Waals surface area contributed by atoms with E-state index in [1.54, 1.807) is 6.07 Å². The summed E-state index contributed by atoms with van der Waals surface area (Å²) in [6.07, 6.45) is 1.17. The van der Waals surface area contributed by atoms with E-state index in [2.05, 4.69) is 15.2 Å². The van der Waals surface area contributed by atoms with Crippen molar-refractivity contribution in [1.29, 1.82) is 0 Å². The van der Waals surface area contributed by atoms with Crippen LogP contribution in [0.2, 0.25) is 0 Å². The largest absolute Gasteiger partial charge is 0.391 e. The minimum atomic E-state index is -0.308. The number of hydrogen-bond acceptors (Lipinski definition) is 6. The zero-order valence-corrected chi connectivity index (χ0v) is 10.8. The minimum absolute atomic E-state index is 0.275. The van der Waals surface area contributed by atoms with Crippen LogP contribution in [-0.2, 0) is 4.74 Å². The summed E-state index contributed by atoms with van der Waals surface area (Å²) in [7, 11) is 0. The number of ether oxygens (including phenoxy) is 1. The van der Waals surface area contributed by atoms with Crippen LogP contribution in [0.3, 0.4) is 0 Å². The second kappa shape index (κ2) is 4.59. The van der Waals surface area contributed by atoms with E-state index < -0.39 is 0 Å². The minimum Gasteiger partial charge on any atom is -0.391 e. The SMILES string of the molecule is NC(=S)C1CN(c2cc3n[nH]c(=O)n3cn2)CCO1. The van der Waals surface area contributed by atoms with E-state index in [4.69, 9.17) is 22.7 Å². The van der Waals surface area contributed by atoms with Gasteiger partial charge in [0.2, 0.25) is 0 Å². The summed E-state index contributed by atoms with van der Waals surface area (Å²) in [5, 5.41) is 6.27. The molecule has 0 spiro atoms. The molecule has 1 saturated heterocycles. The summed E-state index contributed by atoms with van der Waals surface area (Å²) in [5.41, 5.74) is 5.81. The van der Waals surface area contributed by atoms with Crippen molar-refractivity contribution in [2.45, 2.75) is 6.10 Å². The maximum absolute atomic E-state index is 11.3. The lowest BCUT2D eigenvalue weighted by atomic mass is 10.2. The van der Waals surface area contributed by atoms with E-state index in [9.17, 15) is 4.79 Å². The number of nitrogens with two attached hydrogens (primary N) is 1. The van der Waals surface area contributed by atoms with Gasteiger partial charge >= 0.3 is 5.69 Å². The molecule has 3 rings (SSSR count). The monoisotopic (exact) mass is 280 g/mol. The number of thiocarbonyl (C=S) groups is 1. The van der Waals surface area contributed by atoms with Crippen molar-refractivity contribution in [3.8, 4) is 0 Å². The fourth-order valence-corrected chi connectivity index (χ4v) is 2.14. The van der Waals surface area contributed by atoms with Gasteiger partial charge in [-0.3, -0.25) is 0 Å². The molecule has 100 valence electrons. The summed E-state index contributed by atoms with van der Waals surface area (Å²) in [5.74, 6) is 0.719. The number of morpholine rings is 1. The van der Waals surface area contributed by atoms with Crippen molar-refractivity contribution in [2.75, 3.05) is 24.6 Å². The van der Waals surface area contributed by atoms with E-state index in [1.165, 1.54) is 10.7 Å². The van der Waals surface area contributed by atoms with Crippen LogP contribution in [0.25, 0.3) is 5.65 Å². The molecule has 1 aliphatic rings. The number of fused-ring (bicyclic) bond motifs is 1. The van der Waals surface area contributed by atoms with Gasteiger partial charge in [0.1, 0.15) is 23.2 Å². The van der Waals surface area contributed by atoms with Crippen molar-refractivity contribution < 1.29 is 4.74 Å². The quantitative estimate of drug-likeness (QED) is 0.674. The fraction of sp³-hybridized carbons (Fsp3) is 0.400. The Balaban J connectivity index is 1.91. The number of nitrogens with one attached hydrogen (secondary N) is 1. The molecule has 3 N–H and O–H groups in total. The Kier molecular flexibility index (Phi) is 2.91. The fourth-order valence-electron chi connectivity index (χ4n) is 2.00. The molecule has 0 amide bonds. The maximum Gasteiger partial charge on any atom is 0.348 e. The third-order valence-electron chi connectivity index (χ3n) is 3.00. The lowest BCUT2D eigenvalue weighted by Crippen LogP contribution is -2.48. The van der Waals surface area contributed by atoms with Gasteiger partial charge in [-0.05, 0) is 0 Å². The summed E-state index contributed by atoms with van der Waals surface area (Å²) in [6, 6.07) is 1.74. The highest BCUT2D eigenvalue weighted by atomic mass is 32.1. The highest BCUT2D eigenvalue weighted by Crippen LogP contribution is 2.15. The van der Waals surface area contributed by atoms with Gasteiger partial charge in [0.25, 0.3) is 0 Å². The molecule has 2 aromatic heterocycles. The Morgan fingerprint density at radius 2 is 2.47 bits per heavy atom. The smallest absolute Gasteiger partial charge is 0.348 e. The maximum atomic E-state index is 11.3. The lowest BCUT2D eigenvalue weighted by molar-refractivity contribution is 0.0844. The van der Waals surface area contributed by atoms with Crippen LogP contribution in [0.1, 0.15) is 0 Å². The molecule has 1 aliphatic heterocycles. The summed E-state index contributed by atoms with van der Waals surface area (Å²) in [6.45, 7) is 1.77. The van der Waals surface area contributed by atoms with Crippen LogP contribution in [0.5, 0.6) is 0 Å². The molecule has 8 nitrogen and oxygen atoms in total. The van der Waals surface area contributed by atoms with Gasteiger partial charge < -0.3 is 15.4 Å². The van der Waals surface area contributed by atoms with Gasteiger partial charge in [-0.25, -0.2) is 19.3 Å². The Hall–Kier alpha value is -2.00. The molecule has 0 aliphatic carbocycles. The average molecular weight is 280 g/mol. The van der Waals surface area contributed by atoms with Gasteiger partial charge in [0, 0.05) is 12.6 Å². The number of anilines is 1. The average Bonchev–Trinajstić information content (AvgIpc) is 2.80. The van der Waals surface area contributed by atoms with Crippen molar-refractivity contribution in [3.05, 3.63) is 22.9 Å². The Labute approximate surface area is 113 Å². The summed E-state index contributed by atoms with van der Waals surface area (Å²) >= 11 is 4.94. The zero-order valence-electron chi connectivity index (χ0n) is 9.94. The molecule has 1 unspecified atom stereocenters. The van der Waals surface area contributed by atoms with Gasteiger partial charge in [0.15, 0.2) is 5.65 Å². The molecule has 0 aromatic carbocycles. The first-order valence-electron chi connectivity index (χ1n) is 5.74. The number of hydrogen-bond donors (Lipinski definition) is 2. The van der Waals surface area contributed by atoms with Crippen LogP contribution in [-0.4, -0.2) is 50.4 Å². The first-order valence-corrected chi connectivity index (χ1v) is 6.14. The van der Waals surface area contributed by atoms with E-state index in [-0.39, 0.29) is 11.8 Å². The van der Waals surface area contributed by atoms with E-state index in [0.717, 1.165) is 5.82 Å². The molecule has 0 radical (unpaired) electrons. The van der Waals surface area contributed by atoms with Crippen LogP contribution >= 0.6 is 12.2 Å². The predicted octanol–water partition coefficient (Wildman–Crippen LogP) is -1.09. The van der Waals surface area contributed by atoms with Crippen LogP contribution in [0.4, 0.5) is 5.82 Å². The summed E-state index contributed by atoms with van der Waals surface area (Å²) < 4.78 is 6.81. The molecule has 0 bridgehead atoms. The van der Waals surface area contributed by atoms with Gasteiger partial charge in [0.05, 0.1) is 13.2 Å². The Bertz CT molecular complexity index is 680. The van der Waals surface area contributed by atoms with Gasteiger partial charge in [-0.2, -0.15) is 5.10 Å². The van der Waals surface area contributed by atoms with Crippen molar-refractivity contribution >= 4 is 28.7 Å². The molecule has 19 heavy (non-hydrogen) atoms. The lowest BCUT2D eigenvalue weighted by Gasteiger charge is -2.33. The molecule has 3 heterocycles. The molecule has 2 aromatic rings. The molecule has 1 atom stereocenters. The molecule has 0 saturated carbocycles. The van der Waals surface area contributed by atoms with E-state index in [1.807, 2.05) is 4.90 Å². The van der Waals surface area contributed by atoms with Crippen LogP contribution in [0.15, 0.2) is 17.2 Å². The predicted molar refractivity (Wildman–Crippen MR) is 72.3 cm³/mol. The number of H-pyrrole nitrogens is 1. The normalized spacial score (nSPS) is 19.8. The molecule has 9 heteroatoms. The number of nitrogens with zero attached hydrogens (tertiary/aromatic N) is 4. The second-order valence-electron chi connectivity index (χ2n) is 4.21. The standard InChI is InChI=1S/C10H12N6O2S/c11-9(19)6-4-15(1-2-18-6)7-3-8-13-14-10(17)16(8)5-12-7/h3,5-6H,1-2,4H2,(H2,11,19)(H,14,17). The zero-order chi connectivity index (χ0) is 13.4. The van der Waals surface area contributed by atoms with Crippen molar-refractivity contribution in [2.24, 2.45) is 5.73 Å². The number of aromatic amines is 1. The second-order valence-corrected chi connectivity index (χ2v) is 4.68. The van der Waals surface area contributed by atoms with E-state index in [0.29, 0.717) is 30.3 Å². The third kappa shape index (κ3) is 2.17. The van der Waals surface area contributed by atoms with Gasteiger partial charge in [-0.1, -0.05) is 12.2 Å². The Morgan fingerprint density at radius 3 is 3.26 bits per heavy atom. The number of aromatic nitrogens is 4.